The lowest BCUT2D eigenvalue weighted by Gasteiger charge is -2.33. The number of carbonyl (C=O) groups is 2. The summed E-state index contributed by atoms with van der Waals surface area (Å²) in [6.07, 6.45) is 6.84. The Balaban J connectivity index is 0.00000225. The molecule has 2 N–H and O–H groups in total. The highest BCUT2D eigenvalue weighted by atomic mass is 35.5. The van der Waals surface area contributed by atoms with E-state index in [-0.39, 0.29) is 30.3 Å². The third-order valence-corrected chi connectivity index (χ3v) is 5.56. The van der Waals surface area contributed by atoms with E-state index in [9.17, 15) is 9.59 Å². The summed E-state index contributed by atoms with van der Waals surface area (Å²) in [6.45, 7) is 5.04. The lowest BCUT2D eigenvalue weighted by molar-refractivity contribution is -0.132. The van der Waals surface area contributed by atoms with Crippen molar-refractivity contribution in [2.45, 2.75) is 44.6 Å². The van der Waals surface area contributed by atoms with E-state index < -0.39 is 0 Å². The van der Waals surface area contributed by atoms with Gasteiger partial charge in [0.1, 0.15) is 0 Å². The molecule has 0 spiro atoms. The number of hydrogen-bond acceptors (Lipinski definition) is 4. The molecule has 2 amide bonds. The number of amides is 2. The van der Waals surface area contributed by atoms with Crippen LogP contribution in [-0.2, 0) is 9.59 Å². The molecule has 7 heteroatoms. The highest BCUT2D eigenvalue weighted by molar-refractivity contribution is 5.85. The fourth-order valence-electron chi connectivity index (χ4n) is 3.84. The maximum Gasteiger partial charge on any atom is 0.237 e. The highest BCUT2D eigenvalue weighted by Crippen LogP contribution is 2.29. The van der Waals surface area contributed by atoms with Crippen LogP contribution in [0.2, 0.25) is 0 Å². The number of halogens is 1. The molecule has 2 saturated heterocycles. The summed E-state index contributed by atoms with van der Waals surface area (Å²) in [5, 5.41) is 6.34. The van der Waals surface area contributed by atoms with E-state index in [0.717, 1.165) is 64.3 Å². The monoisotopic (exact) mass is 372 g/mol. The van der Waals surface area contributed by atoms with E-state index in [1.807, 2.05) is 11.9 Å². The maximum absolute atomic E-state index is 12.3. The van der Waals surface area contributed by atoms with Gasteiger partial charge in [0.25, 0.3) is 0 Å². The number of rotatable bonds is 7. The van der Waals surface area contributed by atoms with Crippen molar-refractivity contribution in [2.75, 3.05) is 46.3 Å². The molecular weight excluding hydrogens is 340 g/mol. The van der Waals surface area contributed by atoms with Gasteiger partial charge in [-0.25, -0.2) is 0 Å². The molecule has 0 aromatic heterocycles. The molecule has 3 fully saturated rings. The Hall–Kier alpha value is -0.850. The van der Waals surface area contributed by atoms with Crippen molar-refractivity contribution in [1.29, 1.82) is 0 Å². The van der Waals surface area contributed by atoms with E-state index in [4.69, 9.17) is 0 Å². The van der Waals surface area contributed by atoms with Gasteiger partial charge in [-0.2, -0.15) is 0 Å². The van der Waals surface area contributed by atoms with Crippen LogP contribution in [0, 0.1) is 11.8 Å². The van der Waals surface area contributed by atoms with Gasteiger partial charge in [0, 0.05) is 26.7 Å². The predicted molar refractivity (Wildman–Crippen MR) is 101 cm³/mol. The van der Waals surface area contributed by atoms with Crippen molar-refractivity contribution in [1.82, 2.24) is 20.4 Å². The van der Waals surface area contributed by atoms with Crippen molar-refractivity contribution < 1.29 is 9.59 Å². The Morgan fingerprint density at radius 1 is 1.16 bits per heavy atom. The first-order valence-electron chi connectivity index (χ1n) is 9.59. The number of nitrogens with zero attached hydrogens (tertiary/aromatic N) is 2. The van der Waals surface area contributed by atoms with Crippen LogP contribution in [0.4, 0.5) is 0 Å². The number of piperidine rings is 1. The number of carbonyl (C=O) groups excluding carboxylic acids is 2. The highest BCUT2D eigenvalue weighted by Gasteiger charge is 2.28. The summed E-state index contributed by atoms with van der Waals surface area (Å²) in [5.41, 5.74) is 0. The normalized spacial score (nSPS) is 26.8. The third-order valence-electron chi connectivity index (χ3n) is 5.56. The molecule has 2 aliphatic heterocycles. The smallest absolute Gasteiger partial charge is 0.237 e. The molecule has 0 bridgehead atoms. The third kappa shape index (κ3) is 6.42. The zero-order chi connectivity index (χ0) is 16.9. The summed E-state index contributed by atoms with van der Waals surface area (Å²) in [4.78, 5) is 28.6. The Bertz CT molecular complexity index is 452. The summed E-state index contributed by atoms with van der Waals surface area (Å²) < 4.78 is 0. The first kappa shape index (κ1) is 20.5. The molecule has 25 heavy (non-hydrogen) atoms. The molecule has 3 rings (SSSR count). The van der Waals surface area contributed by atoms with Crippen LogP contribution in [-0.4, -0.2) is 74.0 Å². The first-order chi connectivity index (χ1) is 11.6. The summed E-state index contributed by atoms with van der Waals surface area (Å²) >= 11 is 0. The average Bonchev–Trinajstić information content (AvgIpc) is 3.22. The second kappa shape index (κ2) is 9.74. The molecule has 6 nitrogen and oxygen atoms in total. The summed E-state index contributed by atoms with van der Waals surface area (Å²) in [6, 6.07) is 0.00217. The fraction of sp³-hybridized carbons (Fsp3) is 0.889. The van der Waals surface area contributed by atoms with Gasteiger partial charge in [-0.1, -0.05) is 0 Å². The van der Waals surface area contributed by atoms with E-state index >= 15 is 0 Å². The lowest BCUT2D eigenvalue weighted by Crippen LogP contribution is -2.47. The Labute approximate surface area is 157 Å². The second-order valence-corrected chi connectivity index (χ2v) is 7.86. The summed E-state index contributed by atoms with van der Waals surface area (Å²) in [7, 11) is 1.93. The van der Waals surface area contributed by atoms with Gasteiger partial charge in [-0.3, -0.25) is 14.5 Å². The quantitative estimate of drug-likeness (QED) is 0.695. The molecule has 0 aromatic rings. The van der Waals surface area contributed by atoms with Crippen molar-refractivity contribution in [2.24, 2.45) is 11.8 Å². The molecular formula is C18H33ClN4O2. The van der Waals surface area contributed by atoms with Crippen LogP contribution in [0.15, 0.2) is 0 Å². The van der Waals surface area contributed by atoms with E-state index in [1.165, 1.54) is 12.8 Å². The summed E-state index contributed by atoms with van der Waals surface area (Å²) in [5.74, 6) is 1.59. The zero-order valence-corrected chi connectivity index (χ0v) is 16.2. The van der Waals surface area contributed by atoms with Gasteiger partial charge in [-0.15, -0.1) is 12.4 Å². The first-order valence-corrected chi connectivity index (χ1v) is 9.59. The molecule has 2 unspecified atom stereocenters. The SMILES string of the molecule is CN(CC1CC1)C(=O)CN1CCCC(CNC(=O)C2CCCN2)C1.Cl. The van der Waals surface area contributed by atoms with Gasteiger partial charge in [-0.05, 0) is 63.5 Å². The number of hydrogen-bond donors (Lipinski definition) is 2. The minimum atomic E-state index is 0. The molecule has 0 aromatic carbocycles. The van der Waals surface area contributed by atoms with Crippen LogP contribution in [0.3, 0.4) is 0 Å². The van der Waals surface area contributed by atoms with Gasteiger partial charge in [0.2, 0.25) is 11.8 Å². The fourth-order valence-corrected chi connectivity index (χ4v) is 3.84. The Morgan fingerprint density at radius 3 is 2.64 bits per heavy atom. The largest absolute Gasteiger partial charge is 0.354 e. The molecule has 144 valence electrons. The predicted octanol–water partition coefficient (Wildman–Crippen LogP) is 0.857. The Morgan fingerprint density at radius 2 is 1.96 bits per heavy atom. The van der Waals surface area contributed by atoms with Gasteiger partial charge in [0.05, 0.1) is 12.6 Å². The topological polar surface area (TPSA) is 64.7 Å². The van der Waals surface area contributed by atoms with Crippen molar-refractivity contribution in [3.05, 3.63) is 0 Å². The molecule has 1 saturated carbocycles. The molecule has 2 heterocycles. The van der Waals surface area contributed by atoms with E-state index in [1.54, 1.807) is 0 Å². The van der Waals surface area contributed by atoms with Crippen molar-refractivity contribution in [3.63, 3.8) is 0 Å². The zero-order valence-electron chi connectivity index (χ0n) is 15.3. The van der Waals surface area contributed by atoms with Crippen LogP contribution >= 0.6 is 12.4 Å². The van der Waals surface area contributed by atoms with Gasteiger partial charge in [0.15, 0.2) is 0 Å². The average molecular weight is 373 g/mol. The van der Waals surface area contributed by atoms with Gasteiger partial charge < -0.3 is 15.5 Å². The van der Waals surface area contributed by atoms with Crippen molar-refractivity contribution >= 4 is 24.2 Å². The van der Waals surface area contributed by atoms with Gasteiger partial charge >= 0.3 is 0 Å². The lowest BCUT2D eigenvalue weighted by atomic mass is 9.97. The van der Waals surface area contributed by atoms with Crippen LogP contribution < -0.4 is 10.6 Å². The Kier molecular flexibility index (Phi) is 7.97. The van der Waals surface area contributed by atoms with Crippen molar-refractivity contribution in [3.8, 4) is 0 Å². The van der Waals surface area contributed by atoms with Crippen LogP contribution in [0.5, 0.6) is 0 Å². The van der Waals surface area contributed by atoms with E-state index in [0.29, 0.717) is 12.5 Å². The molecule has 2 atom stereocenters. The minimum Gasteiger partial charge on any atom is -0.354 e. The molecule has 0 radical (unpaired) electrons. The number of nitrogens with one attached hydrogen (secondary N) is 2. The molecule has 3 aliphatic rings. The minimum absolute atomic E-state index is 0. The van der Waals surface area contributed by atoms with Crippen LogP contribution in [0.1, 0.15) is 38.5 Å². The number of likely N-dealkylation sites (N-methyl/N-ethyl adjacent to an activating group) is 1. The standard InChI is InChI=1S/C18H32N4O2.ClH/c1-21(11-14-6-7-14)17(23)13-22-9-3-4-15(12-22)10-20-18(24)16-5-2-8-19-16;/h14-16,19H,2-13H2,1H3,(H,20,24);1H. The van der Waals surface area contributed by atoms with E-state index in [2.05, 4.69) is 15.5 Å². The second-order valence-electron chi connectivity index (χ2n) is 7.86. The molecule has 1 aliphatic carbocycles. The maximum atomic E-state index is 12.3. The number of likely N-dealkylation sites (tertiary alicyclic amines) is 1. The van der Waals surface area contributed by atoms with Crippen LogP contribution in [0.25, 0.3) is 0 Å².